The number of carbonyl (C=O) groups excluding carboxylic acids is 3. The van der Waals surface area contributed by atoms with Crippen molar-refractivity contribution < 1.29 is 19.1 Å². The van der Waals surface area contributed by atoms with Crippen molar-refractivity contribution >= 4 is 24.1 Å². The smallest absolute Gasteiger partial charge is 0.333 e. The summed E-state index contributed by atoms with van der Waals surface area (Å²) < 4.78 is 4.62. The van der Waals surface area contributed by atoms with Crippen LogP contribution in [0, 0.1) is 0 Å². The summed E-state index contributed by atoms with van der Waals surface area (Å²) >= 11 is 0. The fraction of sp³-hybridized carbons (Fsp3) is 0.333. The first-order valence-corrected chi connectivity index (χ1v) is 7.08. The quantitative estimate of drug-likeness (QED) is 0.243. The highest BCUT2D eigenvalue weighted by Gasteiger charge is 2.20. The molecule has 24 heavy (non-hydrogen) atoms. The third-order valence-electron chi connectivity index (χ3n) is 2.99. The maximum Gasteiger partial charge on any atom is 0.333 e. The minimum atomic E-state index is -0.501. The number of ether oxygens (including phenoxy) is 1. The number of esters is 1. The molecule has 3 N–H and O–H groups in total. The van der Waals surface area contributed by atoms with Gasteiger partial charge in [0.05, 0.1) is 12.8 Å². The van der Waals surface area contributed by atoms with Crippen LogP contribution in [0.3, 0.4) is 0 Å². The van der Waals surface area contributed by atoms with Crippen molar-refractivity contribution in [3.8, 4) is 0 Å². The summed E-state index contributed by atoms with van der Waals surface area (Å²) in [6.45, 7) is 1.99. The van der Waals surface area contributed by atoms with Crippen molar-refractivity contribution in [1.29, 1.82) is 0 Å². The Bertz CT molecular complexity index is 634. The van der Waals surface area contributed by atoms with Crippen LogP contribution in [0.2, 0.25) is 0 Å². The summed E-state index contributed by atoms with van der Waals surface area (Å²) in [5.41, 5.74) is 0.683. The van der Waals surface area contributed by atoms with Crippen LogP contribution in [0.4, 0.5) is 0 Å². The third kappa shape index (κ3) is 5.27. The Kier molecular flexibility index (Phi) is 7.21. The molecule has 0 bridgehead atoms. The van der Waals surface area contributed by atoms with E-state index in [4.69, 9.17) is 0 Å². The monoisotopic (exact) mass is 335 g/mol. The van der Waals surface area contributed by atoms with Gasteiger partial charge in [-0.05, 0) is 19.1 Å². The van der Waals surface area contributed by atoms with Crippen LogP contribution in [0.15, 0.2) is 40.4 Å². The van der Waals surface area contributed by atoms with Gasteiger partial charge in [-0.3, -0.25) is 9.59 Å². The van der Waals surface area contributed by atoms with E-state index >= 15 is 0 Å². The summed E-state index contributed by atoms with van der Waals surface area (Å²) in [4.78, 5) is 40.1. The molecule has 0 saturated carbocycles. The minimum Gasteiger partial charge on any atom is -0.466 e. The van der Waals surface area contributed by atoms with Crippen LogP contribution in [-0.4, -0.2) is 56.8 Å². The van der Waals surface area contributed by atoms with Gasteiger partial charge in [-0.25, -0.2) is 9.79 Å². The van der Waals surface area contributed by atoms with E-state index in [0.717, 1.165) is 0 Å². The summed E-state index contributed by atoms with van der Waals surface area (Å²) in [6, 6.07) is 0. The highest BCUT2D eigenvalue weighted by Crippen LogP contribution is 2.06. The van der Waals surface area contributed by atoms with Gasteiger partial charge in [-0.15, -0.1) is 0 Å². The Morgan fingerprint density at radius 2 is 2.12 bits per heavy atom. The van der Waals surface area contributed by atoms with Crippen molar-refractivity contribution in [3.63, 3.8) is 0 Å². The zero-order valence-corrected chi connectivity index (χ0v) is 14.0. The molecule has 1 aliphatic rings. The molecule has 1 rings (SSSR count). The summed E-state index contributed by atoms with van der Waals surface area (Å²) in [7, 11) is 4.63. The van der Waals surface area contributed by atoms with Crippen LogP contribution < -0.4 is 16.0 Å². The summed E-state index contributed by atoms with van der Waals surface area (Å²) in [6.07, 6.45) is 5.17. The highest BCUT2D eigenvalue weighted by atomic mass is 16.5. The van der Waals surface area contributed by atoms with Crippen LogP contribution in [0.5, 0.6) is 0 Å². The molecule has 0 saturated heterocycles. The van der Waals surface area contributed by atoms with Crippen molar-refractivity contribution in [2.24, 2.45) is 4.99 Å². The molecule has 0 radical (unpaired) electrons. The molecule has 1 aliphatic heterocycles. The van der Waals surface area contributed by atoms with Crippen molar-refractivity contribution in [2.75, 3.05) is 27.7 Å². The number of nitrogens with zero attached hydrogens (tertiary/aromatic N) is 2. The fourth-order valence-corrected chi connectivity index (χ4v) is 1.84. The average molecular weight is 335 g/mol. The van der Waals surface area contributed by atoms with Crippen LogP contribution in [0.1, 0.15) is 6.92 Å². The zero-order chi connectivity index (χ0) is 18.1. The van der Waals surface area contributed by atoms with Gasteiger partial charge in [-0.2, -0.15) is 0 Å². The SMILES string of the molecule is CN/C=C(\C=C(/C)C(=O)OC)NC(=O)C1=NC(NC=O)=CCN1C. The molecule has 0 unspecified atom stereocenters. The lowest BCUT2D eigenvalue weighted by Crippen LogP contribution is -2.43. The molecule has 9 heteroatoms. The van der Waals surface area contributed by atoms with E-state index in [9.17, 15) is 14.4 Å². The van der Waals surface area contributed by atoms with E-state index in [0.29, 0.717) is 30.0 Å². The Labute approximate surface area is 140 Å². The maximum atomic E-state index is 12.4. The Morgan fingerprint density at radius 3 is 2.71 bits per heavy atom. The lowest BCUT2D eigenvalue weighted by molar-refractivity contribution is -0.136. The van der Waals surface area contributed by atoms with Crippen molar-refractivity contribution in [3.05, 3.63) is 35.4 Å². The molecule has 0 atom stereocenters. The number of aliphatic imine (C=N–C) groups is 1. The number of hydrogen-bond donors (Lipinski definition) is 3. The van der Waals surface area contributed by atoms with Crippen molar-refractivity contribution in [2.45, 2.75) is 6.92 Å². The second-order valence-corrected chi connectivity index (χ2v) is 4.83. The lowest BCUT2D eigenvalue weighted by Gasteiger charge is -2.23. The average Bonchev–Trinajstić information content (AvgIpc) is 2.56. The number of likely N-dealkylation sites (N-methyl/N-ethyl adjacent to an activating group) is 1. The Balaban J connectivity index is 2.96. The molecule has 130 valence electrons. The van der Waals surface area contributed by atoms with Gasteiger partial charge in [0.2, 0.25) is 6.41 Å². The molecular formula is C15H21N5O4. The first kappa shape index (κ1) is 18.9. The number of rotatable bonds is 7. The van der Waals surface area contributed by atoms with E-state index in [-0.39, 0.29) is 5.84 Å². The Hall–Kier alpha value is -3.10. The molecule has 2 amide bonds. The second-order valence-electron chi connectivity index (χ2n) is 4.83. The van der Waals surface area contributed by atoms with Crippen LogP contribution in [-0.2, 0) is 19.1 Å². The third-order valence-corrected chi connectivity index (χ3v) is 2.99. The number of hydrogen-bond acceptors (Lipinski definition) is 7. The fourth-order valence-electron chi connectivity index (χ4n) is 1.84. The summed E-state index contributed by atoms with van der Waals surface area (Å²) in [5.74, 6) is -0.549. The first-order valence-electron chi connectivity index (χ1n) is 7.08. The topological polar surface area (TPSA) is 112 Å². The molecule has 0 aliphatic carbocycles. The molecule has 0 fully saturated rings. The molecule has 0 aromatic carbocycles. The molecule has 0 aromatic rings. The van der Waals surface area contributed by atoms with E-state index < -0.39 is 11.9 Å². The van der Waals surface area contributed by atoms with Gasteiger partial charge in [0.25, 0.3) is 5.91 Å². The van der Waals surface area contributed by atoms with Gasteiger partial charge in [-0.1, -0.05) is 0 Å². The van der Waals surface area contributed by atoms with E-state index in [1.807, 2.05) is 0 Å². The normalized spacial score (nSPS) is 15.1. The Morgan fingerprint density at radius 1 is 1.42 bits per heavy atom. The van der Waals surface area contributed by atoms with Gasteiger partial charge >= 0.3 is 5.97 Å². The molecule has 9 nitrogen and oxygen atoms in total. The van der Waals surface area contributed by atoms with E-state index in [2.05, 4.69) is 25.7 Å². The molecule has 1 heterocycles. The molecular weight excluding hydrogens is 314 g/mol. The van der Waals surface area contributed by atoms with Crippen LogP contribution >= 0.6 is 0 Å². The highest BCUT2D eigenvalue weighted by molar-refractivity contribution is 6.38. The number of allylic oxidation sites excluding steroid dienone is 1. The molecule has 0 spiro atoms. The van der Waals surface area contributed by atoms with E-state index in [1.54, 1.807) is 32.0 Å². The number of amides is 2. The first-order chi connectivity index (χ1) is 11.4. The van der Waals surface area contributed by atoms with Gasteiger partial charge in [0.1, 0.15) is 5.82 Å². The number of amidine groups is 1. The largest absolute Gasteiger partial charge is 0.466 e. The number of methoxy groups -OCH3 is 1. The van der Waals surface area contributed by atoms with Gasteiger partial charge in [0, 0.05) is 32.4 Å². The van der Waals surface area contributed by atoms with Crippen LogP contribution in [0.25, 0.3) is 0 Å². The standard InChI is InChI=1S/C15H21N5O4/c1-10(15(23)24-4)7-11(8-16-2)18-14(22)13-19-12(17-9-21)5-6-20(13)3/h5,7-9,16H,6H2,1-4H3,(H,17,21)(H,18,22)/b10-7+,11-8+. The predicted molar refractivity (Wildman–Crippen MR) is 88.4 cm³/mol. The zero-order valence-electron chi connectivity index (χ0n) is 14.0. The van der Waals surface area contributed by atoms with Crippen molar-refractivity contribution in [1.82, 2.24) is 20.9 Å². The van der Waals surface area contributed by atoms with Gasteiger partial charge in [0.15, 0.2) is 5.84 Å². The van der Waals surface area contributed by atoms with E-state index in [1.165, 1.54) is 19.4 Å². The summed E-state index contributed by atoms with van der Waals surface area (Å²) in [5, 5.41) is 7.84. The van der Waals surface area contributed by atoms with Gasteiger partial charge < -0.3 is 25.6 Å². The maximum absolute atomic E-state index is 12.4. The second kappa shape index (κ2) is 9.13. The lowest BCUT2D eigenvalue weighted by atomic mass is 10.2. The predicted octanol–water partition coefficient (Wildman–Crippen LogP) is -0.786. The molecule has 0 aromatic heterocycles. The minimum absolute atomic E-state index is 0.132. The number of nitrogens with one attached hydrogen (secondary N) is 3. The number of carbonyl (C=O) groups is 3.